The molecule has 0 saturated heterocycles. The van der Waals surface area contributed by atoms with Crippen LogP contribution in [0.15, 0.2) is 6.33 Å². The zero-order valence-electron chi connectivity index (χ0n) is 14.5. The number of carbonyl (C=O) groups is 1. The summed E-state index contributed by atoms with van der Waals surface area (Å²) in [7, 11) is 0. The number of rotatable bonds is 1. The van der Waals surface area contributed by atoms with Gasteiger partial charge in [-0.15, -0.1) is 0 Å². The van der Waals surface area contributed by atoms with Gasteiger partial charge in [0.15, 0.2) is 5.01 Å². The highest BCUT2D eigenvalue weighted by atomic mass is 32.1. The average Bonchev–Trinajstić information content (AvgIpc) is 2.91. The molecule has 7 nitrogen and oxygen atoms in total. The van der Waals surface area contributed by atoms with Crippen LogP contribution in [0.25, 0.3) is 10.7 Å². The molecule has 0 saturated carbocycles. The summed E-state index contributed by atoms with van der Waals surface area (Å²) >= 11 is 1.34. The molecule has 2 aromatic heterocycles. The minimum Gasteiger partial charge on any atom is -0.444 e. The Balaban J connectivity index is 1.92. The molecule has 0 bridgehead atoms. The second kappa shape index (κ2) is 6.08. The number of fused-ring (bicyclic) bond motifs is 1. The van der Waals surface area contributed by atoms with Crippen molar-refractivity contribution in [3.05, 3.63) is 23.4 Å². The molecule has 0 aliphatic carbocycles. The molecule has 1 amide bonds. The Bertz CT molecular complexity index is 768. The minimum atomic E-state index is -0.516. The van der Waals surface area contributed by atoms with Crippen molar-refractivity contribution in [2.45, 2.75) is 52.7 Å². The van der Waals surface area contributed by atoms with E-state index in [1.807, 2.05) is 34.6 Å². The number of aromatic nitrogens is 4. The Kier molecular flexibility index (Phi) is 4.25. The number of nitrogens with zero attached hydrogens (tertiary/aromatic N) is 5. The van der Waals surface area contributed by atoms with Crippen LogP contribution in [0, 0.1) is 6.92 Å². The van der Waals surface area contributed by atoms with Gasteiger partial charge in [0.1, 0.15) is 23.4 Å². The standard InChI is InChI=1S/C16H21N5O2S/c1-9-12-11(6-7-21(9)15(22)23-16(3,4)5)13(18-8-17-12)14-19-10(2)20-24-14/h8-9H,6-7H2,1-5H3/t9-/m1/s1. The predicted octanol–water partition coefficient (Wildman–Crippen LogP) is 3.16. The van der Waals surface area contributed by atoms with Gasteiger partial charge in [-0.3, -0.25) is 4.90 Å². The van der Waals surface area contributed by atoms with E-state index in [0.717, 1.165) is 27.8 Å². The van der Waals surface area contributed by atoms with Gasteiger partial charge in [-0.25, -0.2) is 19.7 Å². The lowest BCUT2D eigenvalue weighted by Crippen LogP contribution is -2.42. The van der Waals surface area contributed by atoms with Crippen LogP contribution in [0.5, 0.6) is 0 Å². The van der Waals surface area contributed by atoms with Crippen molar-refractivity contribution < 1.29 is 9.53 Å². The molecule has 0 radical (unpaired) electrons. The lowest BCUT2D eigenvalue weighted by molar-refractivity contribution is 0.0155. The Morgan fingerprint density at radius 2 is 2.12 bits per heavy atom. The van der Waals surface area contributed by atoms with Crippen LogP contribution < -0.4 is 0 Å². The van der Waals surface area contributed by atoms with E-state index in [0.29, 0.717) is 13.0 Å². The Hall–Kier alpha value is -2.09. The van der Waals surface area contributed by atoms with Gasteiger partial charge >= 0.3 is 6.09 Å². The van der Waals surface area contributed by atoms with Gasteiger partial charge in [0, 0.05) is 12.1 Å². The number of amides is 1. The Labute approximate surface area is 145 Å². The van der Waals surface area contributed by atoms with Crippen LogP contribution in [0.3, 0.4) is 0 Å². The zero-order chi connectivity index (χ0) is 17.5. The third-order valence-electron chi connectivity index (χ3n) is 3.80. The van der Waals surface area contributed by atoms with Crippen molar-refractivity contribution >= 4 is 17.6 Å². The van der Waals surface area contributed by atoms with Crippen molar-refractivity contribution in [2.75, 3.05) is 6.54 Å². The highest BCUT2D eigenvalue weighted by Gasteiger charge is 2.33. The van der Waals surface area contributed by atoms with Crippen molar-refractivity contribution in [1.29, 1.82) is 0 Å². The molecule has 3 heterocycles. The van der Waals surface area contributed by atoms with Gasteiger partial charge in [-0.1, -0.05) is 0 Å². The first-order valence-electron chi connectivity index (χ1n) is 7.90. The molecular weight excluding hydrogens is 326 g/mol. The van der Waals surface area contributed by atoms with Crippen LogP contribution in [0.4, 0.5) is 4.79 Å². The van der Waals surface area contributed by atoms with Gasteiger partial charge in [0.2, 0.25) is 0 Å². The van der Waals surface area contributed by atoms with E-state index in [-0.39, 0.29) is 12.1 Å². The van der Waals surface area contributed by atoms with E-state index in [2.05, 4.69) is 19.3 Å². The van der Waals surface area contributed by atoms with E-state index in [4.69, 9.17) is 4.74 Å². The average molecular weight is 347 g/mol. The molecular formula is C16H21N5O2S. The van der Waals surface area contributed by atoms with E-state index in [9.17, 15) is 4.79 Å². The summed E-state index contributed by atoms with van der Waals surface area (Å²) in [4.78, 5) is 27.4. The molecule has 1 atom stereocenters. The molecule has 128 valence electrons. The number of aryl methyl sites for hydroxylation is 1. The molecule has 24 heavy (non-hydrogen) atoms. The van der Waals surface area contributed by atoms with E-state index in [1.165, 1.54) is 17.9 Å². The maximum atomic E-state index is 12.4. The van der Waals surface area contributed by atoms with Gasteiger partial charge < -0.3 is 4.74 Å². The summed E-state index contributed by atoms with van der Waals surface area (Å²) in [6.07, 6.45) is 1.89. The second-order valence-corrected chi connectivity index (χ2v) is 7.58. The predicted molar refractivity (Wildman–Crippen MR) is 90.7 cm³/mol. The molecule has 0 unspecified atom stereocenters. The number of hydrogen-bond acceptors (Lipinski definition) is 7. The summed E-state index contributed by atoms with van der Waals surface area (Å²) in [5.41, 5.74) is 2.20. The Morgan fingerprint density at radius 3 is 2.75 bits per heavy atom. The van der Waals surface area contributed by atoms with Crippen molar-refractivity contribution in [3.63, 3.8) is 0 Å². The molecule has 0 spiro atoms. The number of ether oxygens (including phenoxy) is 1. The molecule has 2 aromatic rings. The number of carbonyl (C=O) groups excluding carboxylic acids is 1. The zero-order valence-corrected chi connectivity index (χ0v) is 15.3. The fourth-order valence-electron chi connectivity index (χ4n) is 2.75. The van der Waals surface area contributed by atoms with Crippen LogP contribution in [0.2, 0.25) is 0 Å². The first kappa shape index (κ1) is 16.8. The quantitative estimate of drug-likeness (QED) is 0.788. The molecule has 3 rings (SSSR count). The van der Waals surface area contributed by atoms with Gasteiger partial charge in [-0.05, 0) is 52.6 Å². The fraction of sp³-hybridized carbons (Fsp3) is 0.562. The highest BCUT2D eigenvalue weighted by molar-refractivity contribution is 7.09. The molecule has 0 fully saturated rings. The van der Waals surface area contributed by atoms with Crippen LogP contribution in [-0.4, -0.2) is 42.5 Å². The molecule has 8 heteroatoms. The van der Waals surface area contributed by atoms with E-state index in [1.54, 1.807) is 4.90 Å². The van der Waals surface area contributed by atoms with Crippen LogP contribution in [0.1, 0.15) is 50.8 Å². The summed E-state index contributed by atoms with van der Waals surface area (Å²) < 4.78 is 9.73. The molecule has 0 aromatic carbocycles. The SMILES string of the molecule is Cc1nsc(-c2ncnc3c2CCN(C(=O)OC(C)(C)C)[C@@H]3C)n1. The van der Waals surface area contributed by atoms with Crippen LogP contribution >= 0.6 is 11.5 Å². The Morgan fingerprint density at radius 1 is 1.38 bits per heavy atom. The maximum absolute atomic E-state index is 12.4. The summed E-state index contributed by atoms with van der Waals surface area (Å²) in [5.74, 6) is 0.738. The molecule has 0 N–H and O–H groups in total. The molecule has 1 aliphatic rings. The van der Waals surface area contributed by atoms with Crippen molar-refractivity contribution in [2.24, 2.45) is 0 Å². The normalized spacial score (nSPS) is 17.5. The highest BCUT2D eigenvalue weighted by Crippen LogP contribution is 2.34. The maximum Gasteiger partial charge on any atom is 0.410 e. The number of hydrogen-bond donors (Lipinski definition) is 0. The summed E-state index contributed by atoms with van der Waals surface area (Å²) in [5, 5.41) is 0.795. The smallest absolute Gasteiger partial charge is 0.410 e. The fourth-order valence-corrected chi connectivity index (χ4v) is 3.45. The minimum absolute atomic E-state index is 0.167. The third-order valence-corrected chi connectivity index (χ3v) is 4.62. The first-order chi connectivity index (χ1) is 11.3. The largest absolute Gasteiger partial charge is 0.444 e. The summed E-state index contributed by atoms with van der Waals surface area (Å²) in [6.45, 7) is 9.99. The second-order valence-electron chi connectivity index (χ2n) is 6.83. The van der Waals surface area contributed by atoms with Gasteiger partial charge in [-0.2, -0.15) is 4.37 Å². The van der Waals surface area contributed by atoms with Crippen molar-refractivity contribution in [1.82, 2.24) is 24.2 Å². The first-order valence-corrected chi connectivity index (χ1v) is 8.67. The lowest BCUT2D eigenvalue weighted by Gasteiger charge is -2.35. The third kappa shape index (κ3) is 3.24. The van der Waals surface area contributed by atoms with E-state index < -0.39 is 5.60 Å². The molecule has 1 aliphatic heterocycles. The lowest BCUT2D eigenvalue weighted by atomic mass is 9.97. The monoisotopic (exact) mass is 347 g/mol. The summed E-state index contributed by atoms with van der Waals surface area (Å²) in [6, 6.07) is -0.167. The van der Waals surface area contributed by atoms with E-state index >= 15 is 0 Å². The van der Waals surface area contributed by atoms with Gasteiger partial charge in [0.05, 0.1) is 11.7 Å². The van der Waals surface area contributed by atoms with Gasteiger partial charge in [0.25, 0.3) is 0 Å². The van der Waals surface area contributed by atoms with Crippen LogP contribution in [-0.2, 0) is 11.2 Å². The topological polar surface area (TPSA) is 81.1 Å². The van der Waals surface area contributed by atoms with Crippen molar-refractivity contribution in [3.8, 4) is 10.7 Å².